The van der Waals surface area contributed by atoms with Crippen molar-refractivity contribution in [2.24, 2.45) is 0 Å². The van der Waals surface area contributed by atoms with Crippen molar-refractivity contribution in [3.63, 3.8) is 0 Å². The number of rotatable bonds is 2. The van der Waals surface area contributed by atoms with E-state index in [9.17, 15) is 0 Å². The molecule has 0 unspecified atom stereocenters. The summed E-state index contributed by atoms with van der Waals surface area (Å²) >= 11 is 11.1. The molecule has 0 aliphatic carbocycles. The van der Waals surface area contributed by atoms with Crippen LogP contribution in [0.15, 0.2) is 34.1 Å². The Bertz CT molecular complexity index is 862. The van der Waals surface area contributed by atoms with E-state index in [-0.39, 0.29) is 0 Å². The van der Waals surface area contributed by atoms with Crippen molar-refractivity contribution in [3.8, 4) is 19.5 Å². The minimum atomic E-state index is 1.19. The third-order valence-electron chi connectivity index (χ3n) is 3.27. The molecule has 4 aromatic rings. The van der Waals surface area contributed by atoms with Gasteiger partial charge in [0.2, 0.25) is 0 Å². The van der Waals surface area contributed by atoms with Gasteiger partial charge in [0.25, 0.3) is 0 Å². The second-order valence-electron chi connectivity index (χ2n) is 4.87. The van der Waals surface area contributed by atoms with Crippen molar-refractivity contribution >= 4 is 71.4 Å². The van der Waals surface area contributed by atoms with Gasteiger partial charge < -0.3 is 0 Å². The van der Waals surface area contributed by atoms with E-state index in [0.29, 0.717) is 0 Å². The monoisotopic (exact) mass is 410 g/mol. The van der Waals surface area contributed by atoms with Gasteiger partial charge >= 0.3 is 0 Å². The summed E-state index contributed by atoms with van der Waals surface area (Å²) in [6.45, 7) is 4.38. The molecule has 0 nitrogen and oxygen atoms in total. The summed E-state index contributed by atoms with van der Waals surface area (Å²) in [5.41, 5.74) is 0. The van der Waals surface area contributed by atoms with E-state index in [0.717, 1.165) is 0 Å². The lowest BCUT2D eigenvalue weighted by atomic mass is 10.2. The summed E-state index contributed by atoms with van der Waals surface area (Å²) in [4.78, 5) is 8.35. The van der Waals surface area contributed by atoms with Gasteiger partial charge in [-0.2, -0.15) is 0 Å². The third kappa shape index (κ3) is 2.45. The predicted octanol–water partition coefficient (Wildman–Crippen LogP) is 7.80. The van der Waals surface area contributed by atoms with Crippen LogP contribution in [0, 0.1) is 13.8 Å². The van der Waals surface area contributed by atoms with E-state index >= 15 is 0 Å². The van der Waals surface area contributed by atoms with Gasteiger partial charge in [-0.15, -0.1) is 45.3 Å². The minimum Gasteiger partial charge on any atom is -0.140 e. The summed E-state index contributed by atoms with van der Waals surface area (Å²) in [7, 11) is 0. The molecule has 0 fully saturated rings. The topological polar surface area (TPSA) is 0 Å². The Morgan fingerprint density at radius 1 is 0.762 bits per heavy atom. The standard InChI is InChI=1S/C16H11BrS4/c1-8-3-4-12(18-8)16-15-10(7-9(2)19-15)14(21-16)11-5-6-13(17)20-11/h3-7H,1-2H3. The molecule has 4 aromatic heterocycles. The predicted molar refractivity (Wildman–Crippen MR) is 104 cm³/mol. The second-order valence-corrected chi connectivity index (χ2v) is 10.9. The number of hydrogen-bond donors (Lipinski definition) is 0. The molecular weight excluding hydrogens is 400 g/mol. The average Bonchev–Trinajstić information content (AvgIpc) is 3.15. The van der Waals surface area contributed by atoms with Gasteiger partial charge in [-0.05, 0) is 60.1 Å². The number of thiophene rings is 4. The smallest absolute Gasteiger partial charge is 0.0705 e. The van der Waals surface area contributed by atoms with Gasteiger partial charge in [-0.25, -0.2) is 0 Å². The Hall–Kier alpha value is -0.460. The number of aryl methyl sites for hydroxylation is 2. The molecule has 0 saturated heterocycles. The summed E-state index contributed by atoms with van der Waals surface area (Å²) in [6.07, 6.45) is 0. The summed E-state index contributed by atoms with van der Waals surface area (Å²) in [5.74, 6) is 0. The lowest BCUT2D eigenvalue weighted by molar-refractivity contribution is 1.64. The van der Waals surface area contributed by atoms with Crippen LogP contribution in [0.5, 0.6) is 0 Å². The molecule has 5 heteroatoms. The van der Waals surface area contributed by atoms with Crippen LogP contribution in [-0.2, 0) is 0 Å². The van der Waals surface area contributed by atoms with E-state index in [4.69, 9.17) is 0 Å². The van der Waals surface area contributed by atoms with Crippen LogP contribution >= 0.6 is 61.3 Å². The Balaban J connectivity index is 2.00. The van der Waals surface area contributed by atoms with Crippen molar-refractivity contribution in [2.45, 2.75) is 13.8 Å². The number of hydrogen-bond acceptors (Lipinski definition) is 4. The summed E-state index contributed by atoms with van der Waals surface area (Å²) < 4.78 is 2.64. The number of fused-ring (bicyclic) bond motifs is 1. The van der Waals surface area contributed by atoms with Gasteiger partial charge in [0.1, 0.15) is 0 Å². The molecule has 0 aliphatic rings. The highest BCUT2D eigenvalue weighted by Crippen LogP contribution is 2.50. The summed E-state index contributed by atoms with van der Waals surface area (Å²) in [6, 6.07) is 11.2. The molecular formula is C16H11BrS4. The quantitative estimate of drug-likeness (QED) is 0.316. The molecule has 21 heavy (non-hydrogen) atoms. The van der Waals surface area contributed by atoms with Crippen molar-refractivity contribution in [2.75, 3.05) is 0 Å². The van der Waals surface area contributed by atoms with Crippen LogP contribution in [0.25, 0.3) is 29.6 Å². The minimum absolute atomic E-state index is 1.19. The SMILES string of the molecule is Cc1ccc(-c2sc(-c3ccc(Br)s3)c3cc(C)sc23)s1. The van der Waals surface area contributed by atoms with Crippen molar-refractivity contribution in [1.82, 2.24) is 0 Å². The maximum atomic E-state index is 3.58. The first kappa shape index (κ1) is 14.2. The van der Waals surface area contributed by atoms with Crippen LogP contribution in [0.1, 0.15) is 9.75 Å². The first-order valence-corrected chi connectivity index (χ1v) is 10.5. The van der Waals surface area contributed by atoms with Gasteiger partial charge in [0.15, 0.2) is 0 Å². The first-order chi connectivity index (χ1) is 10.1. The highest BCUT2D eigenvalue weighted by molar-refractivity contribution is 9.11. The molecule has 4 rings (SSSR count). The van der Waals surface area contributed by atoms with E-state index in [1.165, 1.54) is 43.1 Å². The van der Waals surface area contributed by atoms with Gasteiger partial charge in [0, 0.05) is 24.9 Å². The second kappa shape index (κ2) is 5.32. The molecule has 0 N–H and O–H groups in total. The van der Waals surface area contributed by atoms with Crippen LogP contribution in [-0.4, -0.2) is 0 Å². The Morgan fingerprint density at radius 2 is 1.52 bits per heavy atom. The van der Waals surface area contributed by atoms with Crippen molar-refractivity contribution in [3.05, 3.63) is 43.9 Å². The third-order valence-corrected chi connectivity index (χ3v) is 8.66. The fourth-order valence-corrected chi connectivity index (χ4v) is 7.41. The zero-order chi connectivity index (χ0) is 14.6. The molecule has 0 aromatic carbocycles. The lowest BCUT2D eigenvalue weighted by Gasteiger charge is -1.92. The van der Waals surface area contributed by atoms with Gasteiger partial charge in [0.05, 0.1) is 18.2 Å². The maximum absolute atomic E-state index is 3.58. The summed E-state index contributed by atoms with van der Waals surface area (Å²) in [5, 5.41) is 1.41. The first-order valence-electron chi connectivity index (χ1n) is 6.47. The molecule has 0 saturated carbocycles. The Morgan fingerprint density at radius 3 is 2.19 bits per heavy atom. The van der Waals surface area contributed by atoms with E-state index in [2.05, 4.69) is 60.1 Å². The largest absolute Gasteiger partial charge is 0.140 e. The Kier molecular flexibility index (Phi) is 3.58. The van der Waals surface area contributed by atoms with E-state index in [1.807, 2.05) is 45.3 Å². The fourth-order valence-electron chi connectivity index (χ4n) is 2.39. The zero-order valence-electron chi connectivity index (χ0n) is 11.4. The highest BCUT2D eigenvalue weighted by atomic mass is 79.9. The van der Waals surface area contributed by atoms with E-state index < -0.39 is 0 Å². The zero-order valence-corrected chi connectivity index (χ0v) is 16.2. The van der Waals surface area contributed by atoms with Crippen molar-refractivity contribution in [1.29, 1.82) is 0 Å². The Labute approximate surface area is 147 Å². The van der Waals surface area contributed by atoms with Crippen molar-refractivity contribution < 1.29 is 0 Å². The van der Waals surface area contributed by atoms with Gasteiger partial charge in [-0.3, -0.25) is 0 Å². The van der Waals surface area contributed by atoms with Crippen LogP contribution in [0.4, 0.5) is 0 Å². The molecule has 0 spiro atoms. The van der Waals surface area contributed by atoms with Gasteiger partial charge in [-0.1, -0.05) is 0 Å². The molecule has 0 bridgehead atoms. The van der Waals surface area contributed by atoms with Crippen LogP contribution in [0.3, 0.4) is 0 Å². The molecule has 4 heterocycles. The molecule has 0 radical (unpaired) electrons. The molecule has 0 atom stereocenters. The van der Waals surface area contributed by atoms with E-state index in [1.54, 1.807) is 0 Å². The molecule has 106 valence electrons. The molecule has 0 amide bonds. The molecule has 0 aliphatic heterocycles. The lowest BCUT2D eigenvalue weighted by Crippen LogP contribution is -1.61. The van der Waals surface area contributed by atoms with Crippen LogP contribution < -0.4 is 0 Å². The highest BCUT2D eigenvalue weighted by Gasteiger charge is 2.18. The maximum Gasteiger partial charge on any atom is 0.0705 e. The average molecular weight is 411 g/mol. The van der Waals surface area contributed by atoms with Crippen LogP contribution in [0.2, 0.25) is 0 Å². The number of halogens is 1. The normalized spacial score (nSPS) is 11.6. The fraction of sp³-hybridized carbons (Fsp3) is 0.125.